The molecule has 0 rings (SSSR count). The van der Waals surface area contributed by atoms with E-state index in [1.165, 1.54) is 0 Å². The fraction of sp³-hybridized carbons (Fsp3) is 0.857. The Hall–Kier alpha value is -0.370. The van der Waals surface area contributed by atoms with E-state index in [9.17, 15) is 4.79 Å². The maximum Gasteiger partial charge on any atom is 0.120 e. The SMILES string of the molecule is CC(C)(CN)CCC=O. The largest absolute Gasteiger partial charge is 0.330 e. The van der Waals surface area contributed by atoms with Crippen LogP contribution in [0.1, 0.15) is 26.7 Å². The molecule has 0 atom stereocenters. The van der Waals surface area contributed by atoms with Crippen LogP contribution in [0.25, 0.3) is 0 Å². The molecule has 0 aliphatic heterocycles. The highest BCUT2D eigenvalue weighted by atomic mass is 16.1. The summed E-state index contributed by atoms with van der Waals surface area (Å²) in [6, 6.07) is 0. The van der Waals surface area contributed by atoms with E-state index < -0.39 is 0 Å². The van der Waals surface area contributed by atoms with Crippen LogP contribution in [0.2, 0.25) is 0 Å². The highest BCUT2D eigenvalue weighted by molar-refractivity contribution is 5.49. The predicted molar refractivity (Wildman–Crippen MR) is 38.1 cm³/mol. The first-order chi connectivity index (χ1) is 4.12. The number of aldehydes is 1. The molecule has 0 aromatic carbocycles. The van der Waals surface area contributed by atoms with Crippen LogP contribution < -0.4 is 5.73 Å². The van der Waals surface area contributed by atoms with Crippen molar-refractivity contribution < 1.29 is 4.79 Å². The molecule has 0 radical (unpaired) electrons. The van der Waals surface area contributed by atoms with Crippen LogP contribution in [0.5, 0.6) is 0 Å². The van der Waals surface area contributed by atoms with Gasteiger partial charge in [-0.25, -0.2) is 0 Å². The van der Waals surface area contributed by atoms with Gasteiger partial charge in [-0.2, -0.15) is 0 Å². The van der Waals surface area contributed by atoms with Crippen molar-refractivity contribution in [3.05, 3.63) is 0 Å². The molecule has 0 saturated carbocycles. The van der Waals surface area contributed by atoms with Gasteiger partial charge >= 0.3 is 0 Å². The first-order valence-electron chi connectivity index (χ1n) is 3.26. The van der Waals surface area contributed by atoms with Crippen LogP contribution in [0.3, 0.4) is 0 Å². The number of rotatable bonds is 4. The molecule has 54 valence electrons. The Kier molecular flexibility index (Phi) is 3.47. The molecule has 0 saturated heterocycles. The minimum Gasteiger partial charge on any atom is -0.330 e. The molecule has 0 heterocycles. The molecule has 0 bridgehead atoms. The van der Waals surface area contributed by atoms with Gasteiger partial charge in [0.2, 0.25) is 0 Å². The molecule has 2 nitrogen and oxygen atoms in total. The summed E-state index contributed by atoms with van der Waals surface area (Å²) in [7, 11) is 0. The van der Waals surface area contributed by atoms with Gasteiger partial charge in [-0.15, -0.1) is 0 Å². The first kappa shape index (κ1) is 8.63. The van der Waals surface area contributed by atoms with Crippen molar-refractivity contribution in [3.63, 3.8) is 0 Å². The summed E-state index contributed by atoms with van der Waals surface area (Å²) in [5.41, 5.74) is 5.57. The molecule has 0 spiro atoms. The minimum absolute atomic E-state index is 0.140. The van der Waals surface area contributed by atoms with E-state index in [2.05, 4.69) is 13.8 Å². The van der Waals surface area contributed by atoms with Crippen molar-refractivity contribution in [1.82, 2.24) is 0 Å². The Morgan fingerprint density at radius 2 is 2.11 bits per heavy atom. The Morgan fingerprint density at radius 1 is 1.56 bits per heavy atom. The van der Waals surface area contributed by atoms with E-state index in [1.54, 1.807) is 0 Å². The first-order valence-corrected chi connectivity index (χ1v) is 3.26. The van der Waals surface area contributed by atoms with Gasteiger partial charge < -0.3 is 10.5 Å². The summed E-state index contributed by atoms with van der Waals surface area (Å²) in [6.07, 6.45) is 2.47. The minimum atomic E-state index is 0.140. The second-order valence-corrected chi connectivity index (χ2v) is 3.07. The van der Waals surface area contributed by atoms with Crippen molar-refractivity contribution in [2.24, 2.45) is 11.1 Å². The standard InChI is InChI=1S/C7H15NO/c1-7(2,6-8)4-3-5-9/h5H,3-4,6,8H2,1-2H3. The van der Waals surface area contributed by atoms with E-state index in [-0.39, 0.29) is 5.41 Å². The lowest BCUT2D eigenvalue weighted by molar-refractivity contribution is -0.108. The lowest BCUT2D eigenvalue weighted by atomic mass is 9.88. The molecule has 9 heavy (non-hydrogen) atoms. The average molecular weight is 129 g/mol. The molecule has 0 aromatic heterocycles. The highest BCUT2D eigenvalue weighted by Crippen LogP contribution is 2.18. The molecular formula is C7H15NO. The van der Waals surface area contributed by atoms with E-state index in [4.69, 9.17) is 5.73 Å². The Morgan fingerprint density at radius 3 is 2.44 bits per heavy atom. The van der Waals surface area contributed by atoms with Crippen LogP contribution in [0.4, 0.5) is 0 Å². The van der Waals surface area contributed by atoms with E-state index in [0.29, 0.717) is 13.0 Å². The van der Waals surface area contributed by atoms with Gasteiger partial charge in [0.05, 0.1) is 0 Å². The molecule has 0 unspecified atom stereocenters. The maximum atomic E-state index is 9.93. The second kappa shape index (κ2) is 3.62. The highest BCUT2D eigenvalue weighted by Gasteiger charge is 2.13. The average Bonchev–Trinajstić information content (AvgIpc) is 1.84. The number of carbonyl (C=O) groups excluding carboxylic acids is 1. The zero-order valence-corrected chi connectivity index (χ0v) is 6.18. The topological polar surface area (TPSA) is 43.1 Å². The molecule has 0 aliphatic rings. The van der Waals surface area contributed by atoms with Crippen molar-refractivity contribution in [2.75, 3.05) is 6.54 Å². The van der Waals surface area contributed by atoms with Crippen molar-refractivity contribution in [2.45, 2.75) is 26.7 Å². The summed E-state index contributed by atoms with van der Waals surface area (Å²) in [5.74, 6) is 0. The van der Waals surface area contributed by atoms with Crippen molar-refractivity contribution >= 4 is 6.29 Å². The Balaban J connectivity index is 3.44. The summed E-state index contributed by atoms with van der Waals surface area (Å²) in [4.78, 5) is 9.93. The van der Waals surface area contributed by atoms with Gasteiger partial charge in [-0.05, 0) is 18.4 Å². The Bertz CT molecular complexity index is 88.9. The molecule has 0 fully saturated rings. The number of nitrogens with two attached hydrogens (primary N) is 1. The van der Waals surface area contributed by atoms with Crippen LogP contribution in [-0.4, -0.2) is 12.8 Å². The molecule has 2 heteroatoms. The third kappa shape index (κ3) is 4.15. The third-order valence-corrected chi connectivity index (χ3v) is 1.49. The summed E-state index contributed by atoms with van der Waals surface area (Å²) in [5, 5.41) is 0. The van der Waals surface area contributed by atoms with Crippen molar-refractivity contribution in [1.29, 1.82) is 0 Å². The van der Waals surface area contributed by atoms with Crippen LogP contribution >= 0.6 is 0 Å². The van der Waals surface area contributed by atoms with E-state index in [1.807, 2.05) is 0 Å². The van der Waals surface area contributed by atoms with Gasteiger partial charge in [0.15, 0.2) is 0 Å². The zero-order valence-electron chi connectivity index (χ0n) is 6.18. The van der Waals surface area contributed by atoms with Crippen LogP contribution in [0, 0.1) is 5.41 Å². The molecule has 2 N–H and O–H groups in total. The number of hydrogen-bond acceptors (Lipinski definition) is 2. The van der Waals surface area contributed by atoms with Gasteiger partial charge in [0.1, 0.15) is 6.29 Å². The third-order valence-electron chi connectivity index (χ3n) is 1.49. The van der Waals surface area contributed by atoms with Gasteiger partial charge in [0, 0.05) is 6.42 Å². The zero-order chi connectivity index (χ0) is 7.33. The lowest BCUT2D eigenvalue weighted by Gasteiger charge is -2.20. The van der Waals surface area contributed by atoms with E-state index in [0.717, 1.165) is 12.7 Å². The smallest absolute Gasteiger partial charge is 0.120 e. The molecular weight excluding hydrogens is 114 g/mol. The van der Waals surface area contributed by atoms with Crippen LogP contribution in [0.15, 0.2) is 0 Å². The number of hydrogen-bond donors (Lipinski definition) is 1. The van der Waals surface area contributed by atoms with Gasteiger partial charge in [-0.3, -0.25) is 0 Å². The number of carbonyl (C=O) groups is 1. The van der Waals surface area contributed by atoms with Gasteiger partial charge in [-0.1, -0.05) is 13.8 Å². The Labute approximate surface area is 56.4 Å². The fourth-order valence-corrected chi connectivity index (χ4v) is 0.552. The normalized spacial score (nSPS) is 11.4. The molecule has 0 amide bonds. The second-order valence-electron chi connectivity index (χ2n) is 3.07. The summed E-state index contributed by atoms with van der Waals surface area (Å²) in [6.45, 7) is 4.79. The quantitative estimate of drug-likeness (QED) is 0.574. The fourth-order valence-electron chi connectivity index (χ4n) is 0.552. The van der Waals surface area contributed by atoms with Crippen LogP contribution in [-0.2, 0) is 4.79 Å². The maximum absolute atomic E-state index is 9.93. The summed E-state index contributed by atoms with van der Waals surface area (Å²) < 4.78 is 0. The molecule has 0 aliphatic carbocycles. The lowest BCUT2D eigenvalue weighted by Crippen LogP contribution is -2.23. The molecule has 0 aromatic rings. The van der Waals surface area contributed by atoms with Crippen molar-refractivity contribution in [3.8, 4) is 0 Å². The summed E-state index contributed by atoms with van der Waals surface area (Å²) >= 11 is 0. The predicted octanol–water partition coefficient (Wildman–Crippen LogP) is 0.950. The monoisotopic (exact) mass is 129 g/mol. The van der Waals surface area contributed by atoms with Gasteiger partial charge in [0.25, 0.3) is 0 Å². The van der Waals surface area contributed by atoms with E-state index >= 15 is 0 Å².